The molecule has 0 N–H and O–H groups in total. The van der Waals surface area contributed by atoms with Gasteiger partial charge in [-0.25, -0.2) is 24.2 Å². The predicted molar refractivity (Wildman–Crippen MR) is 69.6 cm³/mol. The van der Waals surface area contributed by atoms with Gasteiger partial charge in [-0.1, -0.05) is 0 Å². The largest absolute Gasteiger partial charge is 0.465 e. The molecule has 1 rings (SSSR count). The summed E-state index contributed by atoms with van der Waals surface area (Å²) in [7, 11) is 4.23. The summed E-state index contributed by atoms with van der Waals surface area (Å²) < 4.78 is 18.1. The Labute approximate surface area is 125 Å². The SMILES string of the molecule is COC(=O)c1cnc(C(=O)OC)c(C(=O)OC)c1C(=O)OC. The molecular formula is C13H13NO8. The number of aromatic nitrogens is 1. The lowest BCUT2D eigenvalue weighted by atomic mass is 10.0. The van der Waals surface area contributed by atoms with E-state index in [0.717, 1.165) is 34.6 Å². The summed E-state index contributed by atoms with van der Waals surface area (Å²) in [6, 6.07) is 0. The first-order chi connectivity index (χ1) is 10.4. The number of hydrogen-bond donors (Lipinski definition) is 0. The van der Waals surface area contributed by atoms with E-state index in [-0.39, 0.29) is 5.56 Å². The Morgan fingerprint density at radius 3 is 1.64 bits per heavy atom. The van der Waals surface area contributed by atoms with Gasteiger partial charge in [0.2, 0.25) is 0 Å². The second-order valence-corrected chi connectivity index (χ2v) is 3.74. The number of pyridine rings is 1. The molecule has 0 aromatic carbocycles. The average molecular weight is 311 g/mol. The van der Waals surface area contributed by atoms with Gasteiger partial charge in [-0.2, -0.15) is 0 Å². The summed E-state index contributed by atoms with van der Waals surface area (Å²) in [5.41, 5.74) is -1.86. The molecule has 0 spiro atoms. The smallest absolute Gasteiger partial charge is 0.357 e. The Balaban J connectivity index is 3.81. The molecule has 1 aromatic heterocycles. The molecule has 0 bridgehead atoms. The van der Waals surface area contributed by atoms with Gasteiger partial charge < -0.3 is 18.9 Å². The summed E-state index contributed by atoms with van der Waals surface area (Å²) in [6.07, 6.45) is 0.913. The molecule has 0 aliphatic heterocycles. The maximum absolute atomic E-state index is 11.9. The third kappa shape index (κ3) is 3.03. The van der Waals surface area contributed by atoms with Crippen LogP contribution in [0.1, 0.15) is 41.6 Å². The summed E-state index contributed by atoms with van der Waals surface area (Å²) in [4.78, 5) is 51.0. The number of hydrogen-bond acceptors (Lipinski definition) is 9. The van der Waals surface area contributed by atoms with Crippen LogP contribution in [0.4, 0.5) is 0 Å². The zero-order chi connectivity index (χ0) is 16.9. The molecule has 118 valence electrons. The Morgan fingerprint density at radius 2 is 1.18 bits per heavy atom. The first-order valence-electron chi connectivity index (χ1n) is 5.79. The summed E-state index contributed by atoms with van der Waals surface area (Å²) >= 11 is 0. The fourth-order valence-corrected chi connectivity index (χ4v) is 1.64. The van der Waals surface area contributed by atoms with E-state index in [2.05, 4.69) is 23.9 Å². The minimum atomic E-state index is -1.06. The predicted octanol–water partition coefficient (Wildman–Crippen LogP) is 0.228. The normalized spacial score (nSPS) is 9.64. The molecule has 0 unspecified atom stereocenters. The van der Waals surface area contributed by atoms with E-state index in [1.165, 1.54) is 0 Å². The van der Waals surface area contributed by atoms with E-state index in [1.54, 1.807) is 0 Å². The average Bonchev–Trinajstić information content (AvgIpc) is 2.57. The summed E-state index contributed by atoms with van der Waals surface area (Å²) in [5, 5.41) is 0. The first-order valence-corrected chi connectivity index (χ1v) is 5.79. The van der Waals surface area contributed by atoms with E-state index in [1.807, 2.05) is 0 Å². The van der Waals surface area contributed by atoms with E-state index in [4.69, 9.17) is 0 Å². The van der Waals surface area contributed by atoms with Crippen molar-refractivity contribution in [3.05, 3.63) is 28.6 Å². The monoisotopic (exact) mass is 311 g/mol. The topological polar surface area (TPSA) is 118 Å². The molecule has 9 heteroatoms. The van der Waals surface area contributed by atoms with Crippen LogP contribution in [-0.4, -0.2) is 57.3 Å². The van der Waals surface area contributed by atoms with Gasteiger partial charge in [-0.05, 0) is 0 Å². The van der Waals surface area contributed by atoms with Crippen LogP contribution < -0.4 is 0 Å². The van der Waals surface area contributed by atoms with Gasteiger partial charge >= 0.3 is 23.9 Å². The van der Waals surface area contributed by atoms with E-state index < -0.39 is 40.7 Å². The van der Waals surface area contributed by atoms with Crippen molar-refractivity contribution in [2.75, 3.05) is 28.4 Å². The lowest BCUT2D eigenvalue weighted by molar-refractivity contribution is 0.0517. The first kappa shape index (κ1) is 17.1. The maximum Gasteiger partial charge on any atom is 0.357 e. The lowest BCUT2D eigenvalue weighted by Gasteiger charge is -2.13. The molecule has 0 fully saturated rings. The number of methoxy groups -OCH3 is 4. The number of esters is 4. The molecule has 0 radical (unpaired) electrons. The molecule has 0 saturated carbocycles. The lowest BCUT2D eigenvalue weighted by Crippen LogP contribution is -2.23. The highest BCUT2D eigenvalue weighted by molar-refractivity contribution is 6.14. The van der Waals surface area contributed by atoms with Crippen LogP contribution in [0.5, 0.6) is 0 Å². The Hall–Kier alpha value is -2.97. The zero-order valence-corrected chi connectivity index (χ0v) is 12.3. The van der Waals surface area contributed by atoms with Crippen molar-refractivity contribution in [3.63, 3.8) is 0 Å². The third-order valence-corrected chi connectivity index (χ3v) is 2.64. The highest BCUT2D eigenvalue weighted by atomic mass is 16.5. The van der Waals surface area contributed by atoms with Crippen LogP contribution in [0.15, 0.2) is 6.20 Å². The molecule has 0 aliphatic rings. The van der Waals surface area contributed by atoms with Gasteiger partial charge in [0.05, 0.1) is 39.6 Å². The molecule has 0 atom stereocenters. The van der Waals surface area contributed by atoms with Crippen molar-refractivity contribution in [2.24, 2.45) is 0 Å². The molecule has 1 aromatic rings. The van der Waals surface area contributed by atoms with Crippen molar-refractivity contribution in [1.29, 1.82) is 0 Å². The standard InChI is InChI=1S/C13H13NO8/c1-19-10(15)6-5-14-9(13(18)22-4)8(12(17)21-3)7(6)11(16)20-2/h5H,1-4H3. The molecular weight excluding hydrogens is 298 g/mol. The maximum atomic E-state index is 11.9. The van der Waals surface area contributed by atoms with Crippen LogP contribution in [0.2, 0.25) is 0 Å². The highest BCUT2D eigenvalue weighted by Gasteiger charge is 2.32. The number of nitrogens with zero attached hydrogens (tertiary/aromatic N) is 1. The van der Waals surface area contributed by atoms with Crippen molar-refractivity contribution in [1.82, 2.24) is 4.98 Å². The molecule has 0 saturated heterocycles. The highest BCUT2D eigenvalue weighted by Crippen LogP contribution is 2.21. The fraction of sp³-hybridized carbons (Fsp3) is 0.308. The van der Waals surface area contributed by atoms with Crippen molar-refractivity contribution in [3.8, 4) is 0 Å². The zero-order valence-electron chi connectivity index (χ0n) is 12.3. The Kier molecular flexibility index (Phi) is 5.56. The molecule has 0 amide bonds. The van der Waals surface area contributed by atoms with Gasteiger partial charge in [0, 0.05) is 6.20 Å². The number of carbonyl (C=O) groups excluding carboxylic acids is 4. The van der Waals surface area contributed by atoms with Crippen molar-refractivity contribution < 1.29 is 38.1 Å². The molecule has 22 heavy (non-hydrogen) atoms. The van der Waals surface area contributed by atoms with Gasteiger partial charge in [-0.3, -0.25) is 0 Å². The van der Waals surface area contributed by atoms with Gasteiger partial charge in [0.1, 0.15) is 5.56 Å². The minimum absolute atomic E-state index is 0.345. The molecule has 1 heterocycles. The molecule has 0 aliphatic carbocycles. The Bertz CT molecular complexity index is 582. The second kappa shape index (κ2) is 7.16. The summed E-state index contributed by atoms with van der Waals surface area (Å²) in [6.45, 7) is 0. The second-order valence-electron chi connectivity index (χ2n) is 3.74. The quantitative estimate of drug-likeness (QED) is 0.568. The number of ether oxygens (including phenoxy) is 4. The van der Waals surface area contributed by atoms with Gasteiger partial charge in [0.25, 0.3) is 0 Å². The number of carbonyl (C=O) groups is 4. The van der Waals surface area contributed by atoms with Crippen molar-refractivity contribution in [2.45, 2.75) is 0 Å². The van der Waals surface area contributed by atoms with E-state index in [9.17, 15) is 19.2 Å². The summed E-state index contributed by atoms with van der Waals surface area (Å²) in [5.74, 6) is -4.01. The van der Waals surface area contributed by atoms with Crippen LogP contribution >= 0.6 is 0 Å². The van der Waals surface area contributed by atoms with Crippen LogP contribution in [0, 0.1) is 0 Å². The van der Waals surface area contributed by atoms with Gasteiger partial charge in [-0.15, -0.1) is 0 Å². The van der Waals surface area contributed by atoms with Crippen LogP contribution in [0.25, 0.3) is 0 Å². The third-order valence-electron chi connectivity index (χ3n) is 2.64. The number of rotatable bonds is 4. The minimum Gasteiger partial charge on any atom is -0.465 e. The van der Waals surface area contributed by atoms with Crippen LogP contribution in [-0.2, 0) is 18.9 Å². The van der Waals surface area contributed by atoms with Gasteiger partial charge in [0.15, 0.2) is 5.69 Å². The van der Waals surface area contributed by atoms with Crippen molar-refractivity contribution >= 4 is 23.9 Å². The van der Waals surface area contributed by atoms with E-state index >= 15 is 0 Å². The Morgan fingerprint density at radius 1 is 0.727 bits per heavy atom. The van der Waals surface area contributed by atoms with Crippen LogP contribution in [0.3, 0.4) is 0 Å². The fourth-order valence-electron chi connectivity index (χ4n) is 1.64. The molecule has 9 nitrogen and oxygen atoms in total. The van der Waals surface area contributed by atoms with E-state index in [0.29, 0.717) is 0 Å².